The summed E-state index contributed by atoms with van der Waals surface area (Å²) in [4.78, 5) is 9.51. The van der Waals surface area contributed by atoms with E-state index in [1.807, 2.05) is 0 Å². The molecule has 4 heteroatoms. The van der Waals surface area contributed by atoms with E-state index in [0.717, 1.165) is 22.4 Å². The molecule has 2 aromatic rings. The summed E-state index contributed by atoms with van der Waals surface area (Å²) in [6.45, 7) is 6.58. The van der Waals surface area contributed by atoms with Crippen LogP contribution in [0.4, 0.5) is 11.4 Å². The van der Waals surface area contributed by atoms with Crippen LogP contribution in [0.3, 0.4) is 0 Å². The molecule has 0 fully saturated rings. The molecule has 0 aliphatic carbocycles. The fraction of sp³-hybridized carbons (Fsp3) is 0.400. The van der Waals surface area contributed by atoms with Gasteiger partial charge in [-0.2, -0.15) is 0 Å². The van der Waals surface area contributed by atoms with E-state index >= 15 is 0 Å². The summed E-state index contributed by atoms with van der Waals surface area (Å²) in [6.07, 6.45) is 0. The minimum Gasteiger partial charge on any atom is -0.353 e. The van der Waals surface area contributed by atoms with Crippen LogP contribution in [0.1, 0.15) is 13.8 Å². The molecule has 0 atom stereocenters. The van der Waals surface area contributed by atoms with Crippen LogP contribution in [0, 0.1) is 9.62 Å². The van der Waals surface area contributed by atoms with Gasteiger partial charge in [-0.1, -0.05) is 32.0 Å². The Morgan fingerprint density at radius 3 is 2.74 bits per heavy atom. The van der Waals surface area contributed by atoms with Gasteiger partial charge in [-0.25, -0.2) is 4.98 Å². The van der Waals surface area contributed by atoms with Crippen LogP contribution in [0.2, 0.25) is 0 Å². The number of anilines is 2. The molecule has 3 rings (SSSR count). The zero-order chi connectivity index (χ0) is 13.6. The standard InChI is InChI=1S/C15H18IN3/c1-10(2)8-19-9-18(3)14-13(19)11-6-4-5-7-12(11)17-15(14)16/h4-7,10H,8-9H2,1-3H3. The van der Waals surface area contributed by atoms with Gasteiger partial charge >= 0.3 is 0 Å². The van der Waals surface area contributed by atoms with E-state index in [4.69, 9.17) is 4.98 Å². The third-order valence-corrected chi connectivity index (χ3v) is 4.22. The average Bonchev–Trinajstić information content (AvgIpc) is 2.66. The fourth-order valence-corrected chi connectivity index (χ4v) is 3.73. The van der Waals surface area contributed by atoms with Crippen LogP contribution in [-0.4, -0.2) is 25.2 Å². The number of hydrogen-bond acceptors (Lipinski definition) is 3. The quantitative estimate of drug-likeness (QED) is 0.596. The highest BCUT2D eigenvalue weighted by atomic mass is 127. The highest BCUT2D eigenvalue weighted by Crippen LogP contribution is 2.43. The SMILES string of the molecule is CC(C)CN1CN(C)c2c(I)nc3ccccc3c21. The third-order valence-electron chi connectivity index (χ3n) is 3.46. The summed E-state index contributed by atoms with van der Waals surface area (Å²) in [5, 5.41) is 1.27. The molecular formula is C15H18IN3. The normalized spacial score (nSPS) is 14.6. The second-order valence-electron chi connectivity index (χ2n) is 5.57. The first-order chi connectivity index (χ1) is 9.08. The van der Waals surface area contributed by atoms with Crippen molar-refractivity contribution in [2.75, 3.05) is 30.1 Å². The summed E-state index contributed by atoms with van der Waals surface area (Å²) in [5.41, 5.74) is 3.72. The maximum atomic E-state index is 4.73. The molecule has 1 aliphatic rings. The monoisotopic (exact) mass is 367 g/mol. The molecule has 19 heavy (non-hydrogen) atoms. The lowest BCUT2D eigenvalue weighted by atomic mass is 10.1. The number of aromatic nitrogens is 1. The molecule has 0 amide bonds. The zero-order valence-corrected chi connectivity index (χ0v) is 13.7. The summed E-state index contributed by atoms with van der Waals surface area (Å²) < 4.78 is 1.10. The molecule has 0 bridgehead atoms. The van der Waals surface area contributed by atoms with Gasteiger partial charge in [0.15, 0.2) is 0 Å². The number of para-hydroxylation sites is 1. The lowest BCUT2D eigenvalue weighted by Crippen LogP contribution is -2.31. The van der Waals surface area contributed by atoms with Gasteiger partial charge in [-0.3, -0.25) is 0 Å². The first-order valence-corrected chi connectivity index (χ1v) is 7.70. The zero-order valence-electron chi connectivity index (χ0n) is 11.5. The van der Waals surface area contributed by atoms with Gasteiger partial charge < -0.3 is 9.80 Å². The van der Waals surface area contributed by atoms with E-state index in [2.05, 4.69) is 77.6 Å². The van der Waals surface area contributed by atoms with E-state index in [1.165, 1.54) is 16.8 Å². The number of fused-ring (bicyclic) bond motifs is 3. The minimum absolute atomic E-state index is 0.656. The van der Waals surface area contributed by atoms with Gasteiger partial charge in [0.05, 0.1) is 23.6 Å². The molecule has 0 N–H and O–H groups in total. The van der Waals surface area contributed by atoms with Crippen molar-refractivity contribution in [2.45, 2.75) is 13.8 Å². The van der Waals surface area contributed by atoms with E-state index in [-0.39, 0.29) is 0 Å². The van der Waals surface area contributed by atoms with Crippen LogP contribution in [0.5, 0.6) is 0 Å². The lowest BCUT2D eigenvalue weighted by Gasteiger charge is -2.22. The number of benzene rings is 1. The van der Waals surface area contributed by atoms with Crippen LogP contribution < -0.4 is 9.80 Å². The summed E-state index contributed by atoms with van der Waals surface area (Å²) in [6, 6.07) is 8.44. The topological polar surface area (TPSA) is 19.4 Å². The van der Waals surface area contributed by atoms with Gasteiger partial charge in [0, 0.05) is 19.0 Å². The van der Waals surface area contributed by atoms with Crippen molar-refractivity contribution in [2.24, 2.45) is 5.92 Å². The van der Waals surface area contributed by atoms with Crippen molar-refractivity contribution in [3.8, 4) is 0 Å². The van der Waals surface area contributed by atoms with Crippen molar-refractivity contribution in [1.29, 1.82) is 0 Å². The smallest absolute Gasteiger partial charge is 0.127 e. The molecule has 3 nitrogen and oxygen atoms in total. The van der Waals surface area contributed by atoms with Crippen LogP contribution in [-0.2, 0) is 0 Å². The largest absolute Gasteiger partial charge is 0.353 e. The first-order valence-electron chi connectivity index (χ1n) is 6.62. The van der Waals surface area contributed by atoms with Crippen molar-refractivity contribution in [3.05, 3.63) is 28.0 Å². The fourth-order valence-electron chi connectivity index (χ4n) is 2.80. The maximum Gasteiger partial charge on any atom is 0.127 e. The number of hydrogen-bond donors (Lipinski definition) is 0. The average molecular weight is 367 g/mol. The minimum atomic E-state index is 0.656. The summed E-state index contributed by atoms with van der Waals surface area (Å²) >= 11 is 2.35. The molecule has 0 saturated carbocycles. The summed E-state index contributed by atoms with van der Waals surface area (Å²) in [7, 11) is 2.15. The highest BCUT2D eigenvalue weighted by molar-refractivity contribution is 14.1. The van der Waals surface area contributed by atoms with E-state index in [9.17, 15) is 0 Å². The van der Waals surface area contributed by atoms with Gasteiger partial charge in [-0.05, 0) is 34.6 Å². The molecule has 0 radical (unpaired) electrons. The molecule has 1 aromatic carbocycles. The van der Waals surface area contributed by atoms with Crippen LogP contribution in [0.25, 0.3) is 10.9 Å². The molecule has 2 heterocycles. The second-order valence-corrected chi connectivity index (χ2v) is 6.59. The maximum absolute atomic E-state index is 4.73. The Morgan fingerprint density at radius 1 is 1.26 bits per heavy atom. The van der Waals surface area contributed by atoms with Crippen molar-refractivity contribution >= 4 is 44.9 Å². The Morgan fingerprint density at radius 2 is 2.00 bits per heavy atom. The van der Waals surface area contributed by atoms with Crippen molar-refractivity contribution < 1.29 is 0 Å². The molecule has 100 valence electrons. The Bertz CT molecular complexity index is 624. The number of nitrogens with zero attached hydrogens (tertiary/aromatic N) is 3. The van der Waals surface area contributed by atoms with Gasteiger partial charge in [-0.15, -0.1) is 0 Å². The van der Waals surface area contributed by atoms with Crippen LogP contribution >= 0.6 is 22.6 Å². The Balaban J connectivity index is 2.24. The number of halogens is 1. The van der Waals surface area contributed by atoms with E-state index in [0.29, 0.717) is 5.92 Å². The molecule has 0 saturated heterocycles. The Kier molecular flexibility index (Phi) is 3.28. The van der Waals surface area contributed by atoms with Gasteiger partial charge in [0.2, 0.25) is 0 Å². The predicted molar refractivity (Wildman–Crippen MR) is 89.9 cm³/mol. The predicted octanol–water partition coefficient (Wildman–Crippen LogP) is 3.71. The van der Waals surface area contributed by atoms with Gasteiger partial charge in [0.1, 0.15) is 3.70 Å². The van der Waals surface area contributed by atoms with Crippen LogP contribution in [0.15, 0.2) is 24.3 Å². The second kappa shape index (κ2) is 4.81. The Hall–Kier alpha value is -1.04. The highest BCUT2D eigenvalue weighted by Gasteiger charge is 2.28. The first kappa shape index (κ1) is 13.0. The molecule has 1 aliphatic heterocycles. The van der Waals surface area contributed by atoms with E-state index < -0.39 is 0 Å². The lowest BCUT2D eigenvalue weighted by molar-refractivity contribution is 0.620. The van der Waals surface area contributed by atoms with Crippen molar-refractivity contribution in [3.63, 3.8) is 0 Å². The van der Waals surface area contributed by atoms with Crippen molar-refractivity contribution in [1.82, 2.24) is 4.98 Å². The molecular weight excluding hydrogens is 349 g/mol. The molecule has 1 aromatic heterocycles. The molecule has 0 spiro atoms. The van der Waals surface area contributed by atoms with Gasteiger partial charge in [0.25, 0.3) is 0 Å². The summed E-state index contributed by atoms with van der Waals surface area (Å²) in [5.74, 6) is 0.656. The number of rotatable bonds is 2. The number of pyridine rings is 1. The Labute approximate surface area is 127 Å². The third kappa shape index (κ3) is 2.16. The molecule has 0 unspecified atom stereocenters. The van der Waals surface area contributed by atoms with E-state index in [1.54, 1.807) is 0 Å².